The minimum absolute atomic E-state index is 0.0172. The third-order valence-corrected chi connectivity index (χ3v) is 9.00. The number of aliphatic hydroxyl groups excluding tert-OH is 1. The summed E-state index contributed by atoms with van der Waals surface area (Å²) in [6.07, 6.45) is 6.04. The van der Waals surface area contributed by atoms with E-state index in [1.54, 1.807) is 11.1 Å². The van der Waals surface area contributed by atoms with Crippen LogP contribution in [0.15, 0.2) is 66.9 Å². The van der Waals surface area contributed by atoms with Gasteiger partial charge in [0.05, 0.1) is 11.7 Å². The minimum Gasteiger partial charge on any atom is -0.387 e. The van der Waals surface area contributed by atoms with Crippen molar-refractivity contribution in [2.24, 2.45) is 17.3 Å². The summed E-state index contributed by atoms with van der Waals surface area (Å²) in [5.41, 5.74) is 0.459. The molecule has 0 bridgehead atoms. The summed E-state index contributed by atoms with van der Waals surface area (Å²) in [5.74, 6) is -3.15. The summed E-state index contributed by atoms with van der Waals surface area (Å²) < 4.78 is 31.1. The monoisotopic (exact) mass is 661 g/mol. The molecule has 4 amide bonds. The Morgan fingerprint density at radius 3 is 2.44 bits per heavy atom. The second-order valence-electron chi connectivity index (χ2n) is 13.4. The zero-order valence-corrected chi connectivity index (χ0v) is 27.4. The first kappa shape index (κ1) is 34.6. The molecule has 3 aromatic rings. The maximum Gasteiger partial charge on any atom is 0.253 e. The van der Waals surface area contributed by atoms with Crippen LogP contribution in [0.1, 0.15) is 57.5 Å². The Morgan fingerprint density at radius 1 is 1.06 bits per heavy atom. The summed E-state index contributed by atoms with van der Waals surface area (Å²) in [6.45, 7) is 5.67. The number of benzene rings is 2. The Bertz CT molecular complexity index is 1680. The summed E-state index contributed by atoms with van der Waals surface area (Å²) in [7, 11) is 0. The highest BCUT2D eigenvalue weighted by Crippen LogP contribution is 2.42. The van der Waals surface area contributed by atoms with Crippen molar-refractivity contribution < 1.29 is 33.1 Å². The Balaban J connectivity index is 1.46. The number of hydrogen-bond donors (Lipinski definition) is 2. The van der Waals surface area contributed by atoms with Crippen molar-refractivity contribution in [1.82, 2.24) is 24.7 Å². The van der Waals surface area contributed by atoms with E-state index in [2.05, 4.69) is 5.32 Å². The van der Waals surface area contributed by atoms with Gasteiger partial charge in [0, 0.05) is 56.0 Å². The molecule has 2 aliphatic rings. The molecular weight excluding hydrogens is 620 g/mol. The van der Waals surface area contributed by atoms with Gasteiger partial charge in [-0.1, -0.05) is 57.5 Å². The largest absolute Gasteiger partial charge is 0.387 e. The molecule has 1 aliphatic carbocycles. The van der Waals surface area contributed by atoms with Crippen LogP contribution in [0.2, 0.25) is 0 Å². The standard InChI is InChI=1S/C36H41F2N5O5/c1-36(2,3)33(34-40-29(27-18-25(37)12-13-28(27)38)21-41(34)19-23-8-5-4-6-9-23)43(32(47)22-44)20-24-10-7-11-26(24)35(48)39-16-17-42-30(45)14-15-31(42)46/h4-6,8-9,12-15,18,21,24,26,33,44H,7,10-11,16-17,19-20,22H2,1-3H3,(H,39,48)/t24?,26?,33-/m0/s1. The summed E-state index contributed by atoms with van der Waals surface area (Å²) in [6, 6.07) is 12.0. The second kappa shape index (κ2) is 14.6. The predicted octanol–water partition coefficient (Wildman–Crippen LogP) is 4.24. The van der Waals surface area contributed by atoms with E-state index < -0.39 is 53.3 Å². The van der Waals surface area contributed by atoms with Crippen molar-refractivity contribution in [3.05, 3.63) is 89.9 Å². The van der Waals surface area contributed by atoms with Crippen molar-refractivity contribution in [3.8, 4) is 11.3 Å². The molecular formula is C36H41F2N5O5. The first-order valence-corrected chi connectivity index (χ1v) is 16.2. The molecule has 10 nitrogen and oxygen atoms in total. The lowest BCUT2D eigenvalue weighted by Gasteiger charge is -2.41. The third-order valence-electron chi connectivity index (χ3n) is 9.00. The van der Waals surface area contributed by atoms with Crippen LogP contribution in [-0.4, -0.2) is 74.3 Å². The first-order chi connectivity index (χ1) is 22.9. The number of imide groups is 1. The van der Waals surface area contributed by atoms with Gasteiger partial charge < -0.3 is 19.9 Å². The summed E-state index contributed by atoms with van der Waals surface area (Å²) in [4.78, 5) is 58.2. The third kappa shape index (κ3) is 7.70. The van der Waals surface area contributed by atoms with Gasteiger partial charge >= 0.3 is 0 Å². The number of nitrogens with zero attached hydrogens (tertiary/aromatic N) is 4. The van der Waals surface area contributed by atoms with Gasteiger partial charge in [-0.15, -0.1) is 0 Å². The Morgan fingerprint density at radius 2 is 1.77 bits per heavy atom. The zero-order valence-electron chi connectivity index (χ0n) is 27.4. The molecule has 2 aromatic carbocycles. The van der Waals surface area contributed by atoms with Gasteiger partial charge in [0.15, 0.2) is 0 Å². The summed E-state index contributed by atoms with van der Waals surface area (Å²) >= 11 is 0. The Labute approximate surface area is 278 Å². The predicted molar refractivity (Wildman–Crippen MR) is 174 cm³/mol. The number of carbonyl (C=O) groups excluding carboxylic acids is 4. The molecule has 5 rings (SSSR count). The number of hydrogen-bond acceptors (Lipinski definition) is 6. The molecule has 3 atom stereocenters. The number of nitrogens with one attached hydrogen (secondary N) is 1. The number of carbonyl (C=O) groups is 4. The van der Waals surface area contributed by atoms with Gasteiger partial charge in [0.25, 0.3) is 11.8 Å². The zero-order chi connectivity index (χ0) is 34.6. The average Bonchev–Trinajstić information content (AvgIpc) is 3.77. The van der Waals surface area contributed by atoms with Crippen LogP contribution in [-0.2, 0) is 25.7 Å². The summed E-state index contributed by atoms with van der Waals surface area (Å²) in [5, 5.41) is 13.0. The van der Waals surface area contributed by atoms with Crippen molar-refractivity contribution in [2.75, 3.05) is 26.2 Å². The molecule has 1 aromatic heterocycles. The number of rotatable bonds is 12. The lowest BCUT2D eigenvalue weighted by Crippen LogP contribution is -2.48. The minimum atomic E-state index is -0.771. The van der Waals surface area contributed by atoms with E-state index in [1.165, 1.54) is 12.2 Å². The number of halogens is 2. The molecule has 0 spiro atoms. The number of amides is 4. The van der Waals surface area contributed by atoms with Crippen LogP contribution < -0.4 is 5.32 Å². The van der Waals surface area contributed by atoms with Gasteiger partial charge in [-0.3, -0.25) is 24.1 Å². The molecule has 1 fully saturated rings. The van der Waals surface area contributed by atoms with Crippen molar-refractivity contribution in [3.63, 3.8) is 0 Å². The lowest BCUT2D eigenvalue weighted by atomic mass is 9.83. The molecule has 0 saturated heterocycles. The number of aliphatic hydroxyl groups is 1. The molecule has 2 N–H and O–H groups in total. The van der Waals surface area contributed by atoms with Gasteiger partial charge in [0.2, 0.25) is 11.8 Å². The molecule has 0 radical (unpaired) electrons. The molecule has 48 heavy (non-hydrogen) atoms. The van der Waals surface area contributed by atoms with E-state index in [9.17, 15) is 28.7 Å². The molecule has 1 saturated carbocycles. The fourth-order valence-corrected chi connectivity index (χ4v) is 6.74. The van der Waals surface area contributed by atoms with E-state index in [1.807, 2.05) is 55.7 Å². The smallest absolute Gasteiger partial charge is 0.253 e. The van der Waals surface area contributed by atoms with Crippen LogP contribution in [0, 0.1) is 28.9 Å². The van der Waals surface area contributed by atoms with Gasteiger partial charge in [0.1, 0.15) is 24.1 Å². The maximum atomic E-state index is 15.0. The van der Waals surface area contributed by atoms with Gasteiger partial charge in [-0.05, 0) is 47.9 Å². The van der Waals surface area contributed by atoms with Crippen LogP contribution in [0.25, 0.3) is 11.3 Å². The second-order valence-corrected chi connectivity index (χ2v) is 13.4. The van der Waals surface area contributed by atoms with E-state index in [0.717, 1.165) is 35.1 Å². The SMILES string of the molecule is CC(C)(C)[C@H](c1nc(-c2cc(F)ccc2F)cn1Cc1ccccc1)N(CC1CCCC1C(=O)NCCN1C(=O)C=CC1=O)C(=O)CO. The fourth-order valence-electron chi connectivity index (χ4n) is 6.74. The average molecular weight is 662 g/mol. The topological polar surface area (TPSA) is 125 Å². The quantitative estimate of drug-likeness (QED) is 0.280. The van der Waals surface area contributed by atoms with Crippen LogP contribution in [0.3, 0.4) is 0 Å². The highest BCUT2D eigenvalue weighted by Gasteiger charge is 2.42. The van der Waals surface area contributed by atoms with Crippen LogP contribution in [0.4, 0.5) is 8.78 Å². The molecule has 12 heteroatoms. The van der Waals surface area contributed by atoms with Crippen molar-refractivity contribution in [1.29, 1.82) is 0 Å². The van der Waals surface area contributed by atoms with E-state index in [4.69, 9.17) is 4.98 Å². The Kier molecular flexibility index (Phi) is 10.5. The van der Waals surface area contributed by atoms with Crippen molar-refractivity contribution >= 4 is 23.6 Å². The number of imidazole rings is 1. The van der Waals surface area contributed by atoms with E-state index in [-0.39, 0.29) is 42.7 Å². The van der Waals surface area contributed by atoms with Gasteiger partial charge in [-0.2, -0.15) is 0 Å². The number of aromatic nitrogens is 2. The highest BCUT2D eigenvalue weighted by molar-refractivity contribution is 6.12. The highest BCUT2D eigenvalue weighted by atomic mass is 19.1. The van der Waals surface area contributed by atoms with Crippen LogP contribution >= 0.6 is 0 Å². The van der Waals surface area contributed by atoms with E-state index >= 15 is 4.39 Å². The molecule has 2 unspecified atom stereocenters. The first-order valence-electron chi connectivity index (χ1n) is 16.2. The molecule has 1 aliphatic heterocycles. The fraction of sp³-hybridized carbons (Fsp3) is 0.417. The maximum absolute atomic E-state index is 15.0. The van der Waals surface area contributed by atoms with Gasteiger partial charge in [-0.25, -0.2) is 13.8 Å². The lowest BCUT2D eigenvalue weighted by molar-refractivity contribution is -0.141. The van der Waals surface area contributed by atoms with Crippen LogP contribution in [0.5, 0.6) is 0 Å². The van der Waals surface area contributed by atoms with Crippen molar-refractivity contribution in [2.45, 2.75) is 52.6 Å². The van der Waals surface area contributed by atoms with E-state index in [0.29, 0.717) is 25.2 Å². The molecule has 254 valence electrons. The molecule has 2 heterocycles. The Hall–Kier alpha value is -4.71. The normalized spacial score (nSPS) is 18.4.